The van der Waals surface area contributed by atoms with Crippen molar-refractivity contribution in [1.29, 1.82) is 0 Å². The third-order valence-corrected chi connectivity index (χ3v) is 3.11. The molecule has 1 rings (SSSR count). The zero-order valence-electron chi connectivity index (χ0n) is 11.3. The summed E-state index contributed by atoms with van der Waals surface area (Å²) in [7, 11) is 4.17. The SMILES string of the molecule is CN(C)C(C)(C)CNCc1cnn(CCO)c1. The Hall–Kier alpha value is -0.910. The summed E-state index contributed by atoms with van der Waals surface area (Å²) in [6, 6.07) is 0. The second-order valence-corrected chi connectivity index (χ2v) is 5.15. The van der Waals surface area contributed by atoms with Crippen LogP contribution in [0, 0.1) is 0 Å². The summed E-state index contributed by atoms with van der Waals surface area (Å²) in [6.07, 6.45) is 3.80. The summed E-state index contributed by atoms with van der Waals surface area (Å²) < 4.78 is 1.76. The van der Waals surface area contributed by atoms with Crippen molar-refractivity contribution in [1.82, 2.24) is 20.0 Å². The standard InChI is InChI=1S/C12H24N4O/c1-12(2,15(3)4)10-13-7-11-8-14-16(9-11)5-6-17/h8-9,13,17H,5-7,10H2,1-4H3. The first-order valence-corrected chi connectivity index (χ1v) is 5.96. The van der Waals surface area contributed by atoms with E-state index in [0.29, 0.717) is 6.54 Å². The molecule has 0 unspecified atom stereocenters. The molecule has 17 heavy (non-hydrogen) atoms. The minimum atomic E-state index is 0.127. The van der Waals surface area contributed by atoms with E-state index in [1.165, 1.54) is 0 Å². The summed E-state index contributed by atoms with van der Waals surface area (Å²) in [5.74, 6) is 0. The van der Waals surface area contributed by atoms with Crippen molar-refractivity contribution in [3.05, 3.63) is 18.0 Å². The average molecular weight is 240 g/mol. The van der Waals surface area contributed by atoms with Gasteiger partial charge in [-0.1, -0.05) is 0 Å². The molecule has 0 spiro atoms. The number of nitrogens with one attached hydrogen (secondary N) is 1. The van der Waals surface area contributed by atoms with Crippen molar-refractivity contribution in [2.24, 2.45) is 0 Å². The summed E-state index contributed by atoms with van der Waals surface area (Å²) in [4.78, 5) is 2.20. The van der Waals surface area contributed by atoms with Crippen LogP contribution in [0.3, 0.4) is 0 Å². The quantitative estimate of drug-likeness (QED) is 0.720. The van der Waals surface area contributed by atoms with Gasteiger partial charge in [-0.3, -0.25) is 4.68 Å². The highest BCUT2D eigenvalue weighted by atomic mass is 16.3. The van der Waals surface area contributed by atoms with Crippen LogP contribution < -0.4 is 5.32 Å². The molecular weight excluding hydrogens is 216 g/mol. The van der Waals surface area contributed by atoms with Gasteiger partial charge in [0.2, 0.25) is 0 Å². The highest BCUT2D eigenvalue weighted by Crippen LogP contribution is 2.08. The fourth-order valence-electron chi connectivity index (χ4n) is 1.39. The first-order chi connectivity index (χ1) is 7.95. The number of aromatic nitrogens is 2. The van der Waals surface area contributed by atoms with Crippen molar-refractivity contribution in [2.45, 2.75) is 32.5 Å². The summed E-state index contributed by atoms with van der Waals surface area (Å²) in [5.41, 5.74) is 1.29. The largest absolute Gasteiger partial charge is 0.394 e. The van der Waals surface area contributed by atoms with E-state index in [1.807, 2.05) is 12.4 Å². The van der Waals surface area contributed by atoms with E-state index in [-0.39, 0.29) is 12.1 Å². The molecular formula is C12H24N4O. The van der Waals surface area contributed by atoms with E-state index in [1.54, 1.807) is 4.68 Å². The lowest BCUT2D eigenvalue weighted by molar-refractivity contribution is 0.190. The van der Waals surface area contributed by atoms with Gasteiger partial charge in [0.05, 0.1) is 19.3 Å². The van der Waals surface area contributed by atoms with Crippen LogP contribution in [0.5, 0.6) is 0 Å². The maximum Gasteiger partial charge on any atom is 0.0640 e. The van der Waals surface area contributed by atoms with Crippen LogP contribution in [0.2, 0.25) is 0 Å². The molecule has 0 fully saturated rings. The molecule has 0 amide bonds. The Morgan fingerprint density at radius 3 is 2.76 bits per heavy atom. The number of aliphatic hydroxyl groups is 1. The Morgan fingerprint density at radius 1 is 1.47 bits per heavy atom. The lowest BCUT2D eigenvalue weighted by Crippen LogP contribution is -2.46. The summed E-state index contributed by atoms with van der Waals surface area (Å²) >= 11 is 0. The molecule has 0 bridgehead atoms. The number of likely N-dealkylation sites (N-methyl/N-ethyl adjacent to an activating group) is 1. The van der Waals surface area contributed by atoms with Gasteiger partial charge in [-0.2, -0.15) is 5.10 Å². The third-order valence-electron chi connectivity index (χ3n) is 3.11. The first-order valence-electron chi connectivity index (χ1n) is 5.96. The normalized spacial score (nSPS) is 12.4. The predicted molar refractivity (Wildman–Crippen MR) is 68.8 cm³/mol. The first kappa shape index (κ1) is 14.2. The molecule has 5 heteroatoms. The van der Waals surface area contributed by atoms with E-state index < -0.39 is 0 Å². The molecule has 0 saturated carbocycles. The third kappa shape index (κ3) is 4.46. The van der Waals surface area contributed by atoms with Crippen molar-refractivity contribution in [3.63, 3.8) is 0 Å². The van der Waals surface area contributed by atoms with Crippen molar-refractivity contribution >= 4 is 0 Å². The summed E-state index contributed by atoms with van der Waals surface area (Å²) in [5, 5.41) is 16.4. The van der Waals surface area contributed by atoms with Gasteiger partial charge in [-0.05, 0) is 27.9 Å². The lowest BCUT2D eigenvalue weighted by Gasteiger charge is -2.32. The van der Waals surface area contributed by atoms with Crippen LogP contribution in [-0.2, 0) is 13.1 Å². The van der Waals surface area contributed by atoms with Gasteiger partial charge in [0.15, 0.2) is 0 Å². The van der Waals surface area contributed by atoms with Gasteiger partial charge in [0.25, 0.3) is 0 Å². The average Bonchev–Trinajstić information content (AvgIpc) is 2.66. The minimum absolute atomic E-state index is 0.127. The predicted octanol–water partition coefficient (Wildman–Crippen LogP) is 0.305. The minimum Gasteiger partial charge on any atom is -0.394 e. The van der Waals surface area contributed by atoms with Crippen LogP contribution in [0.25, 0.3) is 0 Å². The van der Waals surface area contributed by atoms with E-state index in [0.717, 1.165) is 18.7 Å². The number of nitrogens with zero attached hydrogens (tertiary/aromatic N) is 3. The van der Waals surface area contributed by atoms with Crippen molar-refractivity contribution in [3.8, 4) is 0 Å². The number of aliphatic hydroxyl groups excluding tert-OH is 1. The van der Waals surface area contributed by atoms with Crippen LogP contribution in [0.15, 0.2) is 12.4 Å². The monoisotopic (exact) mass is 240 g/mol. The maximum absolute atomic E-state index is 8.79. The van der Waals surface area contributed by atoms with Crippen LogP contribution in [0.4, 0.5) is 0 Å². The van der Waals surface area contributed by atoms with Gasteiger partial charge < -0.3 is 15.3 Å². The molecule has 0 radical (unpaired) electrons. The molecule has 98 valence electrons. The van der Waals surface area contributed by atoms with Gasteiger partial charge >= 0.3 is 0 Å². The molecule has 5 nitrogen and oxygen atoms in total. The van der Waals surface area contributed by atoms with Crippen LogP contribution >= 0.6 is 0 Å². The Kier molecular flexibility index (Phi) is 5.11. The van der Waals surface area contributed by atoms with E-state index in [2.05, 4.69) is 43.3 Å². The second kappa shape index (κ2) is 6.14. The van der Waals surface area contributed by atoms with E-state index in [4.69, 9.17) is 5.11 Å². The molecule has 0 atom stereocenters. The molecule has 1 aromatic rings. The Bertz CT molecular complexity index is 333. The van der Waals surface area contributed by atoms with Crippen molar-refractivity contribution < 1.29 is 5.11 Å². The molecule has 0 aliphatic rings. The Labute approximate surface area is 103 Å². The van der Waals surface area contributed by atoms with Gasteiger partial charge in [-0.25, -0.2) is 0 Å². The van der Waals surface area contributed by atoms with Gasteiger partial charge in [-0.15, -0.1) is 0 Å². The highest BCUT2D eigenvalue weighted by Gasteiger charge is 2.19. The molecule has 0 saturated heterocycles. The fraction of sp³-hybridized carbons (Fsp3) is 0.750. The summed E-state index contributed by atoms with van der Waals surface area (Å²) in [6.45, 7) is 6.82. The van der Waals surface area contributed by atoms with Gasteiger partial charge in [0, 0.05) is 30.4 Å². The Balaban J connectivity index is 2.35. The molecule has 1 aromatic heterocycles. The number of hydrogen-bond donors (Lipinski definition) is 2. The fourth-order valence-corrected chi connectivity index (χ4v) is 1.39. The molecule has 0 aliphatic carbocycles. The lowest BCUT2D eigenvalue weighted by atomic mass is 10.0. The second-order valence-electron chi connectivity index (χ2n) is 5.15. The molecule has 0 aromatic carbocycles. The van der Waals surface area contributed by atoms with E-state index in [9.17, 15) is 0 Å². The van der Waals surface area contributed by atoms with Crippen LogP contribution in [0.1, 0.15) is 19.4 Å². The maximum atomic E-state index is 8.79. The van der Waals surface area contributed by atoms with Crippen LogP contribution in [-0.4, -0.2) is 52.6 Å². The van der Waals surface area contributed by atoms with Crippen molar-refractivity contribution in [2.75, 3.05) is 27.2 Å². The molecule has 1 heterocycles. The van der Waals surface area contributed by atoms with Gasteiger partial charge in [0.1, 0.15) is 0 Å². The number of rotatable bonds is 7. The smallest absolute Gasteiger partial charge is 0.0640 e. The molecule has 2 N–H and O–H groups in total. The topological polar surface area (TPSA) is 53.3 Å². The van der Waals surface area contributed by atoms with E-state index >= 15 is 0 Å². The number of hydrogen-bond acceptors (Lipinski definition) is 4. The zero-order chi connectivity index (χ0) is 12.9. The highest BCUT2D eigenvalue weighted by molar-refractivity contribution is 5.03. The zero-order valence-corrected chi connectivity index (χ0v) is 11.3. The molecule has 0 aliphatic heterocycles. The Morgan fingerprint density at radius 2 is 2.18 bits per heavy atom.